The van der Waals surface area contributed by atoms with E-state index in [2.05, 4.69) is 21.9 Å². The maximum absolute atomic E-state index is 12.6. The molecule has 1 aliphatic carbocycles. The van der Waals surface area contributed by atoms with Crippen molar-refractivity contribution in [2.45, 2.75) is 38.6 Å². The average Bonchev–Trinajstić information content (AvgIpc) is 3.02. The summed E-state index contributed by atoms with van der Waals surface area (Å²) in [5, 5.41) is 0. The minimum Gasteiger partial charge on any atom is -0.497 e. The zero-order valence-corrected chi connectivity index (χ0v) is 14.2. The molecule has 2 fully saturated rings. The average molecular weight is 316 g/mol. The van der Waals surface area contributed by atoms with E-state index in [1.54, 1.807) is 7.11 Å². The van der Waals surface area contributed by atoms with Crippen LogP contribution in [0.1, 0.15) is 37.7 Å². The van der Waals surface area contributed by atoms with Gasteiger partial charge in [-0.15, -0.1) is 0 Å². The molecule has 0 atom stereocenters. The molecule has 126 valence electrons. The SMILES string of the molecule is COc1cccc(CN2CCCN(C(=O)C3CCCC3)CC2)c1. The van der Waals surface area contributed by atoms with Crippen molar-refractivity contribution < 1.29 is 9.53 Å². The van der Waals surface area contributed by atoms with Crippen molar-refractivity contribution in [3.63, 3.8) is 0 Å². The van der Waals surface area contributed by atoms with Crippen LogP contribution in [0.4, 0.5) is 0 Å². The van der Waals surface area contributed by atoms with Gasteiger partial charge in [-0.1, -0.05) is 25.0 Å². The Morgan fingerprint density at radius 2 is 1.96 bits per heavy atom. The van der Waals surface area contributed by atoms with Crippen molar-refractivity contribution in [2.24, 2.45) is 5.92 Å². The summed E-state index contributed by atoms with van der Waals surface area (Å²) in [4.78, 5) is 17.2. The van der Waals surface area contributed by atoms with Gasteiger partial charge in [-0.2, -0.15) is 0 Å². The van der Waals surface area contributed by atoms with Crippen LogP contribution in [0.25, 0.3) is 0 Å². The second kappa shape index (κ2) is 7.82. The van der Waals surface area contributed by atoms with Gasteiger partial charge in [0, 0.05) is 38.6 Å². The van der Waals surface area contributed by atoms with Crippen molar-refractivity contribution in [1.82, 2.24) is 9.80 Å². The quantitative estimate of drug-likeness (QED) is 0.856. The number of carbonyl (C=O) groups is 1. The Hall–Kier alpha value is -1.55. The Bertz CT molecular complexity index is 526. The van der Waals surface area contributed by atoms with E-state index in [0.29, 0.717) is 11.8 Å². The molecule has 0 N–H and O–H groups in total. The molecule has 2 aliphatic rings. The fourth-order valence-corrected chi connectivity index (χ4v) is 3.81. The Morgan fingerprint density at radius 1 is 1.13 bits per heavy atom. The number of amides is 1. The number of benzene rings is 1. The number of hydrogen-bond acceptors (Lipinski definition) is 3. The van der Waals surface area contributed by atoms with Gasteiger partial charge in [0.25, 0.3) is 0 Å². The van der Waals surface area contributed by atoms with Crippen LogP contribution in [0, 0.1) is 5.92 Å². The summed E-state index contributed by atoms with van der Waals surface area (Å²) in [6, 6.07) is 8.27. The third-order valence-corrected chi connectivity index (χ3v) is 5.14. The molecule has 1 aliphatic heterocycles. The van der Waals surface area contributed by atoms with E-state index in [-0.39, 0.29) is 0 Å². The second-order valence-electron chi connectivity index (χ2n) is 6.79. The number of hydrogen-bond donors (Lipinski definition) is 0. The van der Waals surface area contributed by atoms with Gasteiger partial charge in [0.2, 0.25) is 5.91 Å². The highest BCUT2D eigenvalue weighted by atomic mass is 16.5. The fraction of sp³-hybridized carbons (Fsp3) is 0.632. The van der Waals surface area contributed by atoms with Crippen LogP contribution in [-0.2, 0) is 11.3 Å². The van der Waals surface area contributed by atoms with E-state index in [1.807, 2.05) is 12.1 Å². The number of nitrogens with zero attached hydrogens (tertiary/aromatic N) is 2. The fourth-order valence-electron chi connectivity index (χ4n) is 3.81. The predicted molar refractivity (Wildman–Crippen MR) is 91.4 cm³/mol. The topological polar surface area (TPSA) is 32.8 Å². The van der Waals surface area contributed by atoms with Crippen molar-refractivity contribution in [2.75, 3.05) is 33.3 Å². The summed E-state index contributed by atoms with van der Waals surface area (Å²) < 4.78 is 5.30. The summed E-state index contributed by atoms with van der Waals surface area (Å²) in [5.41, 5.74) is 1.28. The Balaban J connectivity index is 1.54. The Labute approximate surface area is 139 Å². The summed E-state index contributed by atoms with van der Waals surface area (Å²) in [5.74, 6) is 1.63. The molecule has 4 nitrogen and oxygen atoms in total. The van der Waals surface area contributed by atoms with Gasteiger partial charge in [-0.05, 0) is 37.0 Å². The van der Waals surface area contributed by atoms with Crippen molar-refractivity contribution >= 4 is 5.91 Å². The molecule has 0 unspecified atom stereocenters. The molecule has 1 saturated heterocycles. The van der Waals surface area contributed by atoms with Crippen molar-refractivity contribution in [1.29, 1.82) is 0 Å². The number of ether oxygens (including phenoxy) is 1. The van der Waals surface area contributed by atoms with E-state index in [9.17, 15) is 4.79 Å². The molecule has 0 bridgehead atoms. The van der Waals surface area contributed by atoms with Crippen molar-refractivity contribution in [3.05, 3.63) is 29.8 Å². The van der Waals surface area contributed by atoms with Gasteiger partial charge >= 0.3 is 0 Å². The molecule has 1 heterocycles. The molecule has 1 saturated carbocycles. The lowest BCUT2D eigenvalue weighted by molar-refractivity contribution is -0.135. The van der Waals surface area contributed by atoms with E-state index >= 15 is 0 Å². The van der Waals surface area contributed by atoms with Crippen LogP contribution in [0.5, 0.6) is 5.75 Å². The zero-order chi connectivity index (χ0) is 16.1. The van der Waals surface area contributed by atoms with Crippen LogP contribution in [0.15, 0.2) is 24.3 Å². The van der Waals surface area contributed by atoms with Crippen molar-refractivity contribution in [3.8, 4) is 5.75 Å². The summed E-state index contributed by atoms with van der Waals surface area (Å²) >= 11 is 0. The van der Waals surface area contributed by atoms with Crippen LogP contribution in [0.3, 0.4) is 0 Å². The standard InChI is InChI=1S/C19H28N2O2/c1-23-18-9-4-6-16(14-18)15-20-10-5-11-21(13-12-20)19(22)17-7-2-3-8-17/h4,6,9,14,17H,2-3,5,7-8,10-13,15H2,1H3. The van der Waals surface area contributed by atoms with Gasteiger partial charge in [0.15, 0.2) is 0 Å². The third kappa shape index (κ3) is 4.25. The lowest BCUT2D eigenvalue weighted by Gasteiger charge is -2.24. The lowest BCUT2D eigenvalue weighted by atomic mass is 10.1. The number of carbonyl (C=O) groups excluding carboxylic acids is 1. The number of methoxy groups -OCH3 is 1. The Morgan fingerprint density at radius 3 is 2.74 bits per heavy atom. The van der Waals surface area contributed by atoms with Gasteiger partial charge in [-0.3, -0.25) is 9.69 Å². The van der Waals surface area contributed by atoms with Gasteiger partial charge in [0.05, 0.1) is 7.11 Å². The predicted octanol–water partition coefficient (Wildman–Crippen LogP) is 2.92. The smallest absolute Gasteiger partial charge is 0.225 e. The number of rotatable bonds is 4. The van der Waals surface area contributed by atoms with Crippen LogP contribution in [0.2, 0.25) is 0 Å². The van der Waals surface area contributed by atoms with Crippen LogP contribution in [-0.4, -0.2) is 49.0 Å². The molecule has 1 aromatic carbocycles. The van der Waals surface area contributed by atoms with E-state index in [1.165, 1.54) is 18.4 Å². The molecular formula is C19H28N2O2. The summed E-state index contributed by atoms with van der Waals surface area (Å²) in [6.07, 6.45) is 5.73. The monoisotopic (exact) mass is 316 g/mol. The first-order valence-electron chi connectivity index (χ1n) is 8.90. The third-order valence-electron chi connectivity index (χ3n) is 5.14. The molecule has 0 radical (unpaired) electrons. The second-order valence-corrected chi connectivity index (χ2v) is 6.79. The normalized spacial score (nSPS) is 20.5. The highest BCUT2D eigenvalue weighted by molar-refractivity contribution is 5.79. The maximum Gasteiger partial charge on any atom is 0.225 e. The van der Waals surface area contributed by atoms with Gasteiger partial charge < -0.3 is 9.64 Å². The zero-order valence-electron chi connectivity index (χ0n) is 14.2. The highest BCUT2D eigenvalue weighted by Crippen LogP contribution is 2.27. The lowest BCUT2D eigenvalue weighted by Crippen LogP contribution is -2.38. The largest absolute Gasteiger partial charge is 0.497 e. The molecule has 1 aromatic rings. The maximum atomic E-state index is 12.6. The molecule has 23 heavy (non-hydrogen) atoms. The summed E-state index contributed by atoms with van der Waals surface area (Å²) in [6.45, 7) is 4.76. The van der Waals surface area contributed by atoms with E-state index in [4.69, 9.17) is 4.74 Å². The molecule has 1 amide bonds. The summed E-state index contributed by atoms with van der Waals surface area (Å²) in [7, 11) is 1.71. The molecule has 0 aromatic heterocycles. The first kappa shape index (κ1) is 16.3. The first-order chi connectivity index (χ1) is 11.3. The van der Waals surface area contributed by atoms with Crippen LogP contribution >= 0.6 is 0 Å². The highest BCUT2D eigenvalue weighted by Gasteiger charge is 2.28. The van der Waals surface area contributed by atoms with Crippen LogP contribution < -0.4 is 4.74 Å². The minimum atomic E-state index is 0.305. The van der Waals surface area contributed by atoms with Gasteiger partial charge in [-0.25, -0.2) is 0 Å². The molecule has 3 rings (SSSR count). The molecular weight excluding hydrogens is 288 g/mol. The first-order valence-corrected chi connectivity index (χ1v) is 8.90. The molecule has 0 spiro atoms. The van der Waals surface area contributed by atoms with Gasteiger partial charge in [0.1, 0.15) is 5.75 Å². The van der Waals surface area contributed by atoms with E-state index in [0.717, 1.165) is 57.7 Å². The minimum absolute atomic E-state index is 0.305. The Kier molecular flexibility index (Phi) is 5.55. The molecule has 4 heteroatoms. The van der Waals surface area contributed by atoms with E-state index < -0.39 is 0 Å².